The summed E-state index contributed by atoms with van der Waals surface area (Å²) < 4.78 is 2.35. The molecule has 0 aliphatic carbocycles. The molecule has 0 aliphatic heterocycles. The minimum atomic E-state index is -0.805. The predicted octanol–water partition coefficient (Wildman–Crippen LogP) is 4.32. The SMILES string of the molecule is CCCn1c(=NC(=O)c2cc(Cl)ccc2[N+](=O)[O-])sc2cc([N+](=O)[O-])ccc21. The lowest BCUT2D eigenvalue weighted by Gasteiger charge is -2.03. The Morgan fingerprint density at radius 3 is 2.57 bits per heavy atom. The highest BCUT2D eigenvalue weighted by Gasteiger charge is 2.21. The summed E-state index contributed by atoms with van der Waals surface area (Å²) in [6.45, 7) is 2.47. The van der Waals surface area contributed by atoms with E-state index in [1.807, 2.05) is 6.92 Å². The van der Waals surface area contributed by atoms with Gasteiger partial charge in [-0.1, -0.05) is 29.9 Å². The van der Waals surface area contributed by atoms with Crippen LogP contribution in [-0.2, 0) is 6.54 Å². The summed E-state index contributed by atoms with van der Waals surface area (Å²) in [5.41, 5.74) is 0.0197. The van der Waals surface area contributed by atoms with E-state index in [0.29, 0.717) is 21.6 Å². The second-order valence-corrected chi connectivity index (χ2v) is 7.23. The molecule has 0 spiro atoms. The number of halogens is 1. The number of hydrogen-bond donors (Lipinski definition) is 0. The van der Waals surface area contributed by atoms with Gasteiger partial charge in [0.25, 0.3) is 17.3 Å². The molecule has 0 aliphatic rings. The Morgan fingerprint density at radius 1 is 1.18 bits per heavy atom. The fourth-order valence-electron chi connectivity index (χ4n) is 2.69. The second kappa shape index (κ2) is 7.87. The van der Waals surface area contributed by atoms with Crippen LogP contribution in [0.2, 0.25) is 5.02 Å². The van der Waals surface area contributed by atoms with Crippen LogP contribution in [0.1, 0.15) is 23.7 Å². The van der Waals surface area contributed by atoms with E-state index < -0.39 is 21.4 Å². The number of non-ortho nitro benzene ring substituents is 1. The minimum absolute atomic E-state index is 0.0687. The third kappa shape index (κ3) is 3.78. The number of hydrogen-bond acceptors (Lipinski definition) is 6. The van der Waals surface area contributed by atoms with E-state index in [1.165, 1.54) is 24.3 Å². The Bertz CT molecular complexity index is 1180. The number of carbonyl (C=O) groups excluding carboxylic acids is 1. The number of aromatic nitrogens is 1. The minimum Gasteiger partial charge on any atom is -0.316 e. The molecule has 0 atom stereocenters. The molecule has 1 amide bonds. The topological polar surface area (TPSA) is 121 Å². The molecule has 0 saturated heterocycles. The molecule has 0 bridgehead atoms. The van der Waals surface area contributed by atoms with Gasteiger partial charge in [-0.3, -0.25) is 25.0 Å². The number of nitro groups is 2. The van der Waals surface area contributed by atoms with Crippen molar-refractivity contribution in [3.05, 3.63) is 72.0 Å². The van der Waals surface area contributed by atoms with Crippen LogP contribution < -0.4 is 4.80 Å². The zero-order chi connectivity index (χ0) is 20.4. The van der Waals surface area contributed by atoms with Crippen LogP contribution >= 0.6 is 22.9 Å². The zero-order valence-corrected chi connectivity index (χ0v) is 16.1. The summed E-state index contributed by atoms with van der Waals surface area (Å²) in [5.74, 6) is -0.805. The quantitative estimate of drug-likeness (QED) is 0.449. The first kappa shape index (κ1) is 19.6. The Hall–Kier alpha value is -3.11. The number of nitro benzene ring substituents is 2. The summed E-state index contributed by atoms with van der Waals surface area (Å²) in [5, 5.41) is 22.4. The Balaban J connectivity index is 2.19. The van der Waals surface area contributed by atoms with Gasteiger partial charge in [-0.25, -0.2) is 0 Å². The highest BCUT2D eigenvalue weighted by Crippen LogP contribution is 2.25. The van der Waals surface area contributed by atoms with E-state index in [9.17, 15) is 25.0 Å². The van der Waals surface area contributed by atoms with Crippen LogP contribution in [0.3, 0.4) is 0 Å². The molecule has 1 heterocycles. The second-order valence-electron chi connectivity index (χ2n) is 5.78. The van der Waals surface area contributed by atoms with Crippen LogP contribution in [-0.4, -0.2) is 20.3 Å². The fourth-order valence-corrected chi connectivity index (χ4v) is 3.95. The third-order valence-corrected chi connectivity index (χ3v) is 5.18. The smallest absolute Gasteiger partial charge is 0.286 e. The molecule has 0 unspecified atom stereocenters. The number of fused-ring (bicyclic) bond motifs is 1. The van der Waals surface area contributed by atoms with Crippen molar-refractivity contribution in [3.63, 3.8) is 0 Å². The van der Waals surface area contributed by atoms with Crippen molar-refractivity contribution >= 4 is 50.4 Å². The molecule has 0 N–H and O–H groups in total. The summed E-state index contributed by atoms with van der Waals surface area (Å²) in [4.78, 5) is 38.0. The normalized spacial score (nSPS) is 11.7. The number of thiazole rings is 1. The highest BCUT2D eigenvalue weighted by molar-refractivity contribution is 7.16. The molecule has 0 radical (unpaired) electrons. The van der Waals surface area contributed by atoms with Gasteiger partial charge in [0.15, 0.2) is 4.80 Å². The van der Waals surface area contributed by atoms with Crippen LogP contribution in [0.5, 0.6) is 0 Å². The average Bonchev–Trinajstić information content (AvgIpc) is 2.98. The van der Waals surface area contributed by atoms with Crippen LogP contribution in [0.15, 0.2) is 41.4 Å². The molecule has 0 fully saturated rings. The Morgan fingerprint density at radius 2 is 1.93 bits per heavy atom. The molecule has 11 heteroatoms. The number of aryl methyl sites for hydroxylation is 1. The standard InChI is InChI=1S/C17H13ClN4O5S/c1-2-7-20-14-6-4-11(21(24)25)9-15(14)28-17(20)19-16(23)12-8-10(18)3-5-13(12)22(26)27/h3-6,8-9H,2,7H2,1H3. The molecule has 144 valence electrons. The molecule has 0 saturated carbocycles. The van der Waals surface area contributed by atoms with E-state index in [1.54, 1.807) is 10.6 Å². The van der Waals surface area contributed by atoms with E-state index >= 15 is 0 Å². The number of benzene rings is 2. The lowest BCUT2D eigenvalue weighted by molar-refractivity contribution is -0.385. The van der Waals surface area contributed by atoms with Gasteiger partial charge in [-0.05, 0) is 24.6 Å². The monoisotopic (exact) mass is 420 g/mol. The van der Waals surface area contributed by atoms with E-state index in [2.05, 4.69) is 4.99 Å². The Labute approximate surface area is 166 Å². The number of carbonyl (C=O) groups is 1. The van der Waals surface area contributed by atoms with Gasteiger partial charge in [-0.15, -0.1) is 0 Å². The first-order chi connectivity index (χ1) is 13.3. The first-order valence-electron chi connectivity index (χ1n) is 8.12. The Kier molecular flexibility index (Phi) is 5.52. The first-order valence-corrected chi connectivity index (χ1v) is 9.32. The molecule has 3 rings (SSSR count). The molecule has 28 heavy (non-hydrogen) atoms. The molecular weight excluding hydrogens is 408 g/mol. The van der Waals surface area contributed by atoms with Gasteiger partial charge in [0.05, 0.1) is 20.1 Å². The van der Waals surface area contributed by atoms with E-state index in [4.69, 9.17) is 11.6 Å². The van der Waals surface area contributed by atoms with Gasteiger partial charge in [0.1, 0.15) is 5.56 Å². The fraction of sp³-hybridized carbons (Fsp3) is 0.176. The van der Waals surface area contributed by atoms with Gasteiger partial charge in [-0.2, -0.15) is 4.99 Å². The van der Waals surface area contributed by atoms with Crippen molar-refractivity contribution in [2.45, 2.75) is 19.9 Å². The molecule has 2 aromatic carbocycles. The third-order valence-electron chi connectivity index (χ3n) is 3.91. The maximum absolute atomic E-state index is 12.7. The lowest BCUT2D eigenvalue weighted by atomic mass is 10.2. The highest BCUT2D eigenvalue weighted by atomic mass is 35.5. The van der Waals surface area contributed by atoms with Crippen molar-refractivity contribution in [1.29, 1.82) is 0 Å². The lowest BCUT2D eigenvalue weighted by Crippen LogP contribution is -2.17. The van der Waals surface area contributed by atoms with E-state index in [-0.39, 0.29) is 16.3 Å². The van der Waals surface area contributed by atoms with Gasteiger partial charge in [0.2, 0.25) is 0 Å². The average molecular weight is 421 g/mol. The van der Waals surface area contributed by atoms with Crippen molar-refractivity contribution in [3.8, 4) is 0 Å². The van der Waals surface area contributed by atoms with Crippen molar-refractivity contribution in [2.24, 2.45) is 4.99 Å². The maximum Gasteiger partial charge on any atom is 0.286 e. The summed E-state index contributed by atoms with van der Waals surface area (Å²) in [6, 6.07) is 8.08. The predicted molar refractivity (Wildman–Crippen MR) is 105 cm³/mol. The van der Waals surface area contributed by atoms with Crippen molar-refractivity contribution in [2.75, 3.05) is 0 Å². The van der Waals surface area contributed by atoms with E-state index in [0.717, 1.165) is 23.8 Å². The molecular formula is C17H13ClN4O5S. The van der Waals surface area contributed by atoms with Gasteiger partial charge in [0, 0.05) is 29.8 Å². The summed E-state index contributed by atoms with van der Waals surface area (Å²) >= 11 is 6.98. The van der Waals surface area contributed by atoms with Crippen LogP contribution in [0, 0.1) is 20.2 Å². The molecule has 3 aromatic rings. The largest absolute Gasteiger partial charge is 0.316 e. The molecule has 9 nitrogen and oxygen atoms in total. The van der Waals surface area contributed by atoms with Crippen molar-refractivity contribution in [1.82, 2.24) is 4.57 Å². The van der Waals surface area contributed by atoms with Gasteiger partial charge < -0.3 is 4.57 Å². The van der Waals surface area contributed by atoms with Crippen LogP contribution in [0.4, 0.5) is 11.4 Å². The van der Waals surface area contributed by atoms with Crippen LogP contribution in [0.25, 0.3) is 10.2 Å². The zero-order valence-electron chi connectivity index (χ0n) is 14.5. The summed E-state index contributed by atoms with van der Waals surface area (Å²) in [6.07, 6.45) is 0.738. The van der Waals surface area contributed by atoms with Crippen molar-refractivity contribution < 1.29 is 14.6 Å². The number of amides is 1. The maximum atomic E-state index is 12.7. The summed E-state index contributed by atoms with van der Waals surface area (Å²) in [7, 11) is 0. The van der Waals surface area contributed by atoms with Gasteiger partial charge >= 0.3 is 0 Å². The molecule has 1 aromatic heterocycles. The number of rotatable bonds is 5. The number of nitrogens with zero attached hydrogens (tertiary/aromatic N) is 4.